The molecule has 1 heterocycles. The summed E-state index contributed by atoms with van der Waals surface area (Å²) in [6.07, 6.45) is -0.189. The molecule has 2 amide bonds. The summed E-state index contributed by atoms with van der Waals surface area (Å²) in [4.78, 5) is 34.7. The van der Waals surface area contributed by atoms with Crippen LogP contribution in [0.1, 0.15) is 6.42 Å². The number of carboxylic acids is 1. The van der Waals surface area contributed by atoms with Crippen molar-refractivity contribution < 1.29 is 29.0 Å². The Kier molecular flexibility index (Phi) is 5.37. The average molecular weight is 260 g/mol. The van der Waals surface area contributed by atoms with Crippen LogP contribution in [0.25, 0.3) is 0 Å². The molecule has 0 aromatic rings. The summed E-state index contributed by atoms with van der Waals surface area (Å²) >= 11 is 0. The Morgan fingerprint density at radius 1 is 1.50 bits per heavy atom. The highest BCUT2D eigenvalue weighted by Crippen LogP contribution is 2.10. The van der Waals surface area contributed by atoms with Gasteiger partial charge in [0.05, 0.1) is 32.8 Å². The fraction of sp³-hybridized carbons (Fsp3) is 0.700. The Morgan fingerprint density at radius 3 is 2.83 bits per heavy atom. The fourth-order valence-corrected chi connectivity index (χ4v) is 1.61. The van der Waals surface area contributed by atoms with E-state index in [0.29, 0.717) is 13.2 Å². The van der Waals surface area contributed by atoms with Crippen LogP contribution >= 0.6 is 0 Å². The van der Waals surface area contributed by atoms with Gasteiger partial charge in [0.1, 0.15) is 6.54 Å². The van der Waals surface area contributed by atoms with Crippen LogP contribution in [0.4, 0.5) is 4.79 Å². The molecule has 2 N–H and O–H groups in total. The lowest BCUT2D eigenvalue weighted by atomic mass is 10.1. The number of morpholine rings is 1. The predicted octanol–water partition coefficient (Wildman–Crippen LogP) is -0.955. The van der Waals surface area contributed by atoms with E-state index in [0.717, 1.165) is 0 Å². The van der Waals surface area contributed by atoms with E-state index in [1.54, 1.807) is 0 Å². The number of ether oxygens (including phenoxy) is 2. The maximum Gasteiger partial charge on any atom is 0.325 e. The molecule has 1 rings (SSSR count). The number of hydrogen-bond donors (Lipinski definition) is 2. The molecule has 0 aliphatic carbocycles. The zero-order valence-corrected chi connectivity index (χ0v) is 10.0. The molecule has 0 spiro atoms. The van der Waals surface area contributed by atoms with Gasteiger partial charge in [-0.2, -0.15) is 0 Å². The van der Waals surface area contributed by atoms with Gasteiger partial charge in [-0.1, -0.05) is 0 Å². The Hall–Kier alpha value is -1.83. The normalized spacial score (nSPS) is 19.2. The molecule has 18 heavy (non-hydrogen) atoms. The minimum atomic E-state index is -1.00. The van der Waals surface area contributed by atoms with Crippen LogP contribution < -0.4 is 5.32 Å². The van der Waals surface area contributed by atoms with Gasteiger partial charge >= 0.3 is 18.0 Å². The molecule has 1 saturated heterocycles. The number of esters is 1. The number of carbonyl (C=O) groups excluding carboxylic acids is 2. The minimum Gasteiger partial charge on any atom is -0.481 e. The first-order valence-electron chi connectivity index (χ1n) is 5.45. The van der Waals surface area contributed by atoms with Crippen LogP contribution in [-0.4, -0.2) is 67.4 Å². The molecule has 1 atom stereocenters. The van der Waals surface area contributed by atoms with Crippen molar-refractivity contribution in [1.29, 1.82) is 0 Å². The van der Waals surface area contributed by atoms with Gasteiger partial charge in [-0.3, -0.25) is 9.59 Å². The third-order valence-corrected chi connectivity index (χ3v) is 2.51. The first-order chi connectivity index (χ1) is 8.54. The lowest BCUT2D eigenvalue weighted by Crippen LogP contribution is -2.53. The first-order valence-corrected chi connectivity index (χ1v) is 5.45. The molecule has 8 nitrogen and oxygen atoms in total. The molecule has 0 bridgehead atoms. The maximum atomic E-state index is 11.8. The van der Waals surface area contributed by atoms with Gasteiger partial charge in [0.2, 0.25) is 0 Å². The van der Waals surface area contributed by atoms with Gasteiger partial charge in [-0.05, 0) is 0 Å². The van der Waals surface area contributed by atoms with E-state index in [-0.39, 0.29) is 19.6 Å². The zero-order valence-electron chi connectivity index (χ0n) is 10.0. The van der Waals surface area contributed by atoms with Gasteiger partial charge in [-0.15, -0.1) is 0 Å². The summed E-state index contributed by atoms with van der Waals surface area (Å²) < 4.78 is 9.52. The average Bonchev–Trinajstić information content (AvgIpc) is 2.35. The molecule has 1 aliphatic rings. The molecule has 0 radical (unpaired) electrons. The first kappa shape index (κ1) is 14.2. The Morgan fingerprint density at radius 2 is 2.22 bits per heavy atom. The number of nitrogens with one attached hydrogen (secondary N) is 1. The van der Waals surface area contributed by atoms with Crippen molar-refractivity contribution in [2.24, 2.45) is 0 Å². The second-order valence-corrected chi connectivity index (χ2v) is 3.75. The summed E-state index contributed by atoms with van der Waals surface area (Å²) in [7, 11) is 1.22. The van der Waals surface area contributed by atoms with Crippen LogP contribution in [0.2, 0.25) is 0 Å². The molecule has 1 unspecified atom stereocenters. The van der Waals surface area contributed by atoms with Gasteiger partial charge in [0.25, 0.3) is 0 Å². The number of hydrogen-bond acceptors (Lipinski definition) is 5. The van der Waals surface area contributed by atoms with Crippen molar-refractivity contribution in [3.8, 4) is 0 Å². The number of nitrogens with zero attached hydrogens (tertiary/aromatic N) is 1. The van der Waals surface area contributed by atoms with Crippen molar-refractivity contribution in [2.45, 2.75) is 12.5 Å². The van der Waals surface area contributed by atoms with Crippen molar-refractivity contribution >= 4 is 18.0 Å². The summed E-state index contributed by atoms with van der Waals surface area (Å²) in [5.41, 5.74) is 0. The van der Waals surface area contributed by atoms with Gasteiger partial charge in [0.15, 0.2) is 0 Å². The highest BCUT2D eigenvalue weighted by molar-refractivity contribution is 5.81. The van der Waals surface area contributed by atoms with Crippen molar-refractivity contribution in [2.75, 3.05) is 33.4 Å². The third-order valence-electron chi connectivity index (χ3n) is 2.51. The van der Waals surface area contributed by atoms with E-state index in [4.69, 9.17) is 9.84 Å². The molecule has 0 aromatic heterocycles. The second kappa shape index (κ2) is 6.80. The van der Waals surface area contributed by atoms with Crippen molar-refractivity contribution in [3.63, 3.8) is 0 Å². The highest BCUT2D eigenvalue weighted by Gasteiger charge is 2.29. The van der Waals surface area contributed by atoms with E-state index >= 15 is 0 Å². The number of urea groups is 1. The van der Waals surface area contributed by atoms with Crippen molar-refractivity contribution in [3.05, 3.63) is 0 Å². The third kappa shape index (κ3) is 4.21. The topological polar surface area (TPSA) is 105 Å². The Labute approximate surface area is 104 Å². The highest BCUT2D eigenvalue weighted by atomic mass is 16.5. The van der Waals surface area contributed by atoms with Crippen LogP contribution in [0.15, 0.2) is 0 Å². The molecule has 8 heteroatoms. The van der Waals surface area contributed by atoms with E-state index in [2.05, 4.69) is 10.1 Å². The van der Waals surface area contributed by atoms with Crippen LogP contribution in [0.5, 0.6) is 0 Å². The SMILES string of the molecule is COC(=O)CNC(=O)N1CCOCC1CC(=O)O. The molecule has 1 fully saturated rings. The molecular weight excluding hydrogens is 244 g/mol. The van der Waals surface area contributed by atoms with Crippen LogP contribution in [0.3, 0.4) is 0 Å². The molecule has 1 aliphatic heterocycles. The van der Waals surface area contributed by atoms with E-state index in [9.17, 15) is 14.4 Å². The zero-order chi connectivity index (χ0) is 13.5. The maximum absolute atomic E-state index is 11.8. The molecule has 102 valence electrons. The van der Waals surface area contributed by atoms with Gasteiger partial charge in [0, 0.05) is 6.54 Å². The Bertz CT molecular complexity index is 332. The number of methoxy groups -OCH3 is 1. The minimum absolute atomic E-state index is 0.179. The summed E-state index contributed by atoms with van der Waals surface area (Å²) in [6, 6.07) is -1.01. The van der Waals surface area contributed by atoms with E-state index in [1.165, 1.54) is 12.0 Å². The number of rotatable bonds is 4. The smallest absolute Gasteiger partial charge is 0.325 e. The van der Waals surface area contributed by atoms with E-state index < -0.39 is 24.0 Å². The second-order valence-electron chi connectivity index (χ2n) is 3.75. The molecule has 0 saturated carbocycles. The monoisotopic (exact) mass is 260 g/mol. The number of aliphatic carboxylic acids is 1. The number of carbonyl (C=O) groups is 3. The van der Waals surface area contributed by atoms with Crippen LogP contribution in [-0.2, 0) is 19.1 Å². The summed E-state index contributed by atoms with van der Waals surface area (Å²) in [6.45, 7) is 0.580. The Balaban J connectivity index is 2.51. The van der Waals surface area contributed by atoms with Crippen LogP contribution in [0, 0.1) is 0 Å². The quantitative estimate of drug-likeness (QED) is 0.631. The lowest BCUT2D eigenvalue weighted by molar-refractivity contribution is -0.140. The fourth-order valence-electron chi connectivity index (χ4n) is 1.61. The van der Waals surface area contributed by atoms with Crippen molar-refractivity contribution in [1.82, 2.24) is 10.2 Å². The van der Waals surface area contributed by atoms with Gasteiger partial charge in [-0.25, -0.2) is 4.79 Å². The number of amides is 2. The summed E-state index contributed by atoms with van der Waals surface area (Å²) in [5, 5.41) is 11.1. The molecule has 0 aromatic carbocycles. The van der Waals surface area contributed by atoms with Gasteiger partial charge < -0.3 is 24.8 Å². The van der Waals surface area contributed by atoms with E-state index in [1.807, 2.05) is 0 Å². The largest absolute Gasteiger partial charge is 0.481 e. The summed E-state index contributed by atoms with van der Waals surface area (Å²) in [5.74, 6) is -1.57. The molecular formula is C10H16N2O6. The predicted molar refractivity (Wildman–Crippen MR) is 59.0 cm³/mol. The number of carboxylic acid groups (broad SMARTS) is 1. The standard InChI is InChI=1S/C10H16N2O6/c1-17-9(15)5-11-10(16)12-2-3-18-6-7(12)4-8(13)14/h7H,2-6H2,1H3,(H,11,16)(H,13,14). The lowest BCUT2D eigenvalue weighted by Gasteiger charge is -2.34.